The molecular weight excluding hydrogens is 779 g/mol. The van der Waals surface area contributed by atoms with E-state index in [2.05, 4.69) is 133 Å². The van der Waals surface area contributed by atoms with Crippen LogP contribution >= 0.6 is 0 Å². The normalized spacial score (nSPS) is 14.0. The average molecular weight is 851 g/mol. The van der Waals surface area contributed by atoms with Crippen LogP contribution in [0.15, 0.2) is 139 Å². The van der Waals surface area contributed by atoms with E-state index in [0.717, 1.165) is 50.1 Å². The topological polar surface area (TPSA) is 50.9 Å². The highest BCUT2D eigenvalue weighted by Gasteiger charge is 2.27. The van der Waals surface area contributed by atoms with E-state index in [9.17, 15) is 6.48 Å². The van der Waals surface area contributed by atoms with Crippen LogP contribution in [0.1, 0.15) is 139 Å². The number of aromatic nitrogens is 3. The minimum Gasteiger partial charge on any atom is -0.507 e. The van der Waals surface area contributed by atoms with Crippen molar-refractivity contribution in [3.05, 3.63) is 167 Å². The van der Waals surface area contributed by atoms with Crippen LogP contribution in [0, 0.1) is 0 Å². The molecule has 8 aromatic rings. The molecule has 0 aliphatic rings. The molecule has 0 saturated carbocycles. The Morgan fingerprint density at radius 2 is 1.22 bits per heavy atom. The Bertz CT molecular complexity index is 3380. The lowest BCUT2D eigenvalue weighted by atomic mass is 9.83. The first kappa shape index (κ1) is 36.1. The Kier molecular flexibility index (Phi) is 9.43. The summed E-state index contributed by atoms with van der Waals surface area (Å²) in [6, 6.07) is 31.2. The molecule has 0 fully saturated rings. The Labute approximate surface area is 392 Å². The molecule has 0 unspecified atom stereocenters. The molecule has 0 bridgehead atoms. The zero-order valence-corrected chi connectivity index (χ0v) is 39.7. The Morgan fingerprint density at radius 3 is 1.86 bits per heavy atom. The summed E-state index contributed by atoms with van der Waals surface area (Å²) in [7, 11) is 0. The largest absolute Gasteiger partial charge is 0.507 e. The zero-order valence-electron chi connectivity index (χ0n) is 46.7. The molecule has 2 aromatic heterocycles. The number of hydrogen-bond donors (Lipinski definition) is 1. The summed E-state index contributed by atoms with van der Waals surface area (Å²) in [6.45, 7) is 26.9. The van der Waals surface area contributed by atoms with E-state index >= 15 is 0 Å². The van der Waals surface area contributed by atoms with Crippen molar-refractivity contribution in [3.63, 3.8) is 0 Å². The van der Waals surface area contributed by atoms with E-state index in [4.69, 9.17) is 13.2 Å². The fraction of sp³-hybridized carbons (Fsp3) is 0.300. The number of pyridine rings is 1. The molecule has 0 aliphatic carbocycles. The molecule has 6 aromatic carbocycles. The minimum atomic E-state index is -0.713. The standard InChI is InChI=1S/C60H65N3O/c1-37(2)42-33-49(38(3)4)56(64)51(34-42)57-62-55-48(20-17-21-54(55)63(57)53-27-26-46(59(8,9)10)36-50(53)40-18-15-14-16-19-40)43-30-44(32-47(31-43)60(11,12)13)52-35-41(28-29-61-52)39-22-24-45(25-23-39)58(5,6)7/h14-38,64H,1-13H3/i22D,23D,24D,25D,28D,29D,35D. The van der Waals surface area contributed by atoms with Crippen molar-refractivity contribution in [3.8, 4) is 67.5 Å². The van der Waals surface area contributed by atoms with Gasteiger partial charge in [0.05, 0.1) is 37.6 Å². The molecule has 0 radical (unpaired) electrons. The van der Waals surface area contributed by atoms with Gasteiger partial charge < -0.3 is 5.11 Å². The Hall–Kier alpha value is -6.26. The summed E-state index contributed by atoms with van der Waals surface area (Å²) in [4.78, 5) is 10.1. The van der Waals surface area contributed by atoms with Crippen molar-refractivity contribution in [1.29, 1.82) is 0 Å². The van der Waals surface area contributed by atoms with E-state index in [1.165, 1.54) is 5.56 Å². The van der Waals surface area contributed by atoms with Gasteiger partial charge in [-0.05, 0) is 127 Å². The van der Waals surface area contributed by atoms with E-state index in [1.54, 1.807) is 0 Å². The third-order valence-electron chi connectivity index (χ3n) is 12.2. The molecule has 8 rings (SSSR count). The number of aromatic hydroxyl groups is 1. The van der Waals surface area contributed by atoms with Crippen molar-refractivity contribution >= 4 is 11.0 Å². The highest BCUT2D eigenvalue weighted by molar-refractivity contribution is 5.98. The smallest absolute Gasteiger partial charge is 0.149 e. The molecule has 4 nitrogen and oxygen atoms in total. The molecular formula is C60H65N3O. The number of imidazole rings is 1. The van der Waals surface area contributed by atoms with Crippen LogP contribution in [-0.4, -0.2) is 19.6 Å². The summed E-state index contributed by atoms with van der Waals surface area (Å²) < 4.78 is 66.0. The Morgan fingerprint density at radius 1 is 0.547 bits per heavy atom. The SMILES string of the molecule is [2H]c1nc(-c2cc(-c3cccc4c3nc(-c3cc(C(C)C)cc(C(C)C)c3O)n4-c3ccc(C(C)(C)C)cc3-c3ccccc3)cc(C(C)(C)C)c2)c([2H])c(-c2c([2H])c([2H])c(C(C)(C)C)c([2H])c2[2H])c1[2H]. The predicted octanol–water partition coefficient (Wildman–Crippen LogP) is 16.6. The zero-order chi connectivity index (χ0) is 52.0. The summed E-state index contributed by atoms with van der Waals surface area (Å²) in [5, 5.41) is 12.4. The highest BCUT2D eigenvalue weighted by atomic mass is 16.3. The van der Waals surface area contributed by atoms with Crippen LogP contribution < -0.4 is 0 Å². The maximum absolute atomic E-state index is 12.4. The molecule has 0 saturated heterocycles. The van der Waals surface area contributed by atoms with Gasteiger partial charge in [-0.15, -0.1) is 0 Å². The number of phenols is 1. The number of rotatable bonds is 8. The van der Waals surface area contributed by atoms with E-state index in [-0.39, 0.29) is 75.6 Å². The first-order valence-electron chi connectivity index (χ1n) is 26.0. The first-order chi connectivity index (χ1) is 33.1. The van der Waals surface area contributed by atoms with Crippen molar-refractivity contribution in [2.24, 2.45) is 0 Å². The van der Waals surface area contributed by atoms with Crippen LogP contribution in [0.3, 0.4) is 0 Å². The number of hydrogen-bond acceptors (Lipinski definition) is 3. The molecule has 2 heterocycles. The molecule has 0 spiro atoms. The summed E-state index contributed by atoms with van der Waals surface area (Å²) in [6.07, 6.45) is -0.452. The second-order valence-electron chi connectivity index (χ2n) is 20.9. The lowest BCUT2D eigenvalue weighted by Crippen LogP contribution is -2.12. The van der Waals surface area contributed by atoms with E-state index in [1.807, 2.05) is 63.2 Å². The fourth-order valence-corrected chi connectivity index (χ4v) is 8.17. The van der Waals surface area contributed by atoms with Crippen LogP contribution in [0.2, 0.25) is 0 Å². The van der Waals surface area contributed by atoms with Crippen molar-refractivity contribution in [2.45, 2.75) is 118 Å². The van der Waals surface area contributed by atoms with Gasteiger partial charge >= 0.3 is 0 Å². The molecule has 0 aliphatic heterocycles. The maximum atomic E-state index is 12.4. The Balaban J connectivity index is 1.47. The van der Waals surface area contributed by atoms with E-state index in [0.29, 0.717) is 22.5 Å². The van der Waals surface area contributed by atoms with Crippen LogP contribution in [0.25, 0.3) is 72.7 Å². The van der Waals surface area contributed by atoms with Crippen LogP contribution in [-0.2, 0) is 16.2 Å². The average Bonchev–Trinajstić information content (AvgIpc) is 3.69. The van der Waals surface area contributed by atoms with E-state index < -0.39 is 23.0 Å². The highest BCUT2D eigenvalue weighted by Crippen LogP contribution is 2.45. The predicted molar refractivity (Wildman–Crippen MR) is 272 cm³/mol. The van der Waals surface area contributed by atoms with Gasteiger partial charge in [-0.1, -0.05) is 175 Å². The number of phenolic OH excluding ortho intramolecular Hbond substituents is 1. The molecule has 326 valence electrons. The number of benzene rings is 6. The second kappa shape index (κ2) is 16.7. The maximum Gasteiger partial charge on any atom is 0.149 e. The van der Waals surface area contributed by atoms with Gasteiger partial charge in [0, 0.05) is 22.9 Å². The summed E-state index contributed by atoms with van der Waals surface area (Å²) in [5.74, 6) is 0.946. The molecule has 64 heavy (non-hydrogen) atoms. The van der Waals surface area contributed by atoms with Crippen molar-refractivity contribution in [1.82, 2.24) is 14.5 Å². The molecule has 0 amide bonds. The quantitative estimate of drug-likeness (QED) is 0.166. The first-order valence-corrected chi connectivity index (χ1v) is 22.5. The number of fused-ring (bicyclic) bond motifs is 1. The van der Waals surface area contributed by atoms with Gasteiger partial charge in [0.1, 0.15) is 11.6 Å². The lowest BCUT2D eigenvalue weighted by Gasteiger charge is -2.23. The molecule has 4 heteroatoms. The van der Waals surface area contributed by atoms with Gasteiger partial charge in [-0.3, -0.25) is 9.55 Å². The van der Waals surface area contributed by atoms with Crippen molar-refractivity contribution in [2.75, 3.05) is 0 Å². The van der Waals surface area contributed by atoms with Crippen LogP contribution in [0.4, 0.5) is 0 Å². The molecule has 1 N–H and O–H groups in total. The lowest BCUT2D eigenvalue weighted by molar-refractivity contribution is 0.466. The van der Waals surface area contributed by atoms with Gasteiger partial charge in [0.2, 0.25) is 0 Å². The minimum absolute atomic E-state index is 0.0288. The number of para-hydroxylation sites is 1. The second-order valence-corrected chi connectivity index (χ2v) is 20.9. The van der Waals surface area contributed by atoms with Crippen molar-refractivity contribution < 1.29 is 14.7 Å². The van der Waals surface area contributed by atoms with Gasteiger partial charge in [0.25, 0.3) is 0 Å². The van der Waals surface area contributed by atoms with Gasteiger partial charge in [-0.25, -0.2) is 4.98 Å². The van der Waals surface area contributed by atoms with Gasteiger partial charge in [-0.2, -0.15) is 0 Å². The third-order valence-corrected chi connectivity index (χ3v) is 12.2. The summed E-state index contributed by atoms with van der Waals surface area (Å²) >= 11 is 0. The monoisotopic (exact) mass is 851 g/mol. The third kappa shape index (κ3) is 8.68. The molecule has 0 atom stereocenters. The fourth-order valence-electron chi connectivity index (χ4n) is 8.17. The van der Waals surface area contributed by atoms with Crippen LogP contribution in [0.5, 0.6) is 5.75 Å². The number of nitrogens with zero attached hydrogens (tertiary/aromatic N) is 3. The van der Waals surface area contributed by atoms with Gasteiger partial charge in [0.15, 0.2) is 0 Å². The summed E-state index contributed by atoms with van der Waals surface area (Å²) in [5.41, 5.74) is 9.68.